The second kappa shape index (κ2) is 6.66. The van der Waals surface area contributed by atoms with Crippen molar-refractivity contribution in [3.63, 3.8) is 0 Å². The Bertz CT molecular complexity index is 738. The van der Waals surface area contributed by atoms with Gasteiger partial charge in [-0.25, -0.2) is 4.79 Å². The SMILES string of the molecule is Cc1cc(C#N)ccc1CSc1ccc(Cl)c(C(=O)O)c1. The Balaban J connectivity index is 2.15. The molecule has 0 aromatic heterocycles. The van der Waals surface area contributed by atoms with Crippen molar-refractivity contribution in [3.05, 3.63) is 63.7 Å². The third kappa shape index (κ3) is 3.78. The predicted octanol–water partition coefficient (Wildman–Crippen LogP) is 4.51. The lowest BCUT2D eigenvalue weighted by Crippen LogP contribution is -1.97. The summed E-state index contributed by atoms with van der Waals surface area (Å²) >= 11 is 7.38. The number of nitriles is 1. The molecule has 0 heterocycles. The predicted molar refractivity (Wildman–Crippen MR) is 83.9 cm³/mol. The fourth-order valence-electron chi connectivity index (χ4n) is 1.85. The van der Waals surface area contributed by atoms with Crippen molar-refractivity contribution in [2.75, 3.05) is 0 Å². The van der Waals surface area contributed by atoms with E-state index in [2.05, 4.69) is 6.07 Å². The molecule has 1 N–H and O–H groups in total. The molecular weight excluding hydrogens is 306 g/mol. The molecule has 0 unspecified atom stereocenters. The summed E-state index contributed by atoms with van der Waals surface area (Å²) in [6.45, 7) is 1.96. The van der Waals surface area contributed by atoms with E-state index < -0.39 is 5.97 Å². The van der Waals surface area contributed by atoms with Crippen LogP contribution in [0.2, 0.25) is 5.02 Å². The maximum Gasteiger partial charge on any atom is 0.337 e. The topological polar surface area (TPSA) is 61.1 Å². The molecule has 0 aliphatic rings. The summed E-state index contributed by atoms with van der Waals surface area (Å²) in [7, 11) is 0. The lowest BCUT2D eigenvalue weighted by Gasteiger charge is -2.07. The lowest BCUT2D eigenvalue weighted by atomic mass is 10.1. The van der Waals surface area contributed by atoms with Gasteiger partial charge in [0.1, 0.15) is 0 Å². The van der Waals surface area contributed by atoms with Crippen LogP contribution < -0.4 is 0 Å². The summed E-state index contributed by atoms with van der Waals surface area (Å²) in [5, 5.41) is 18.1. The minimum Gasteiger partial charge on any atom is -0.478 e. The summed E-state index contributed by atoms with van der Waals surface area (Å²) in [6, 6.07) is 12.6. The fourth-order valence-corrected chi connectivity index (χ4v) is 3.06. The van der Waals surface area contributed by atoms with E-state index in [4.69, 9.17) is 22.0 Å². The number of thioether (sulfide) groups is 1. The summed E-state index contributed by atoms with van der Waals surface area (Å²) in [5.74, 6) is -0.324. The Morgan fingerprint density at radius 1 is 1.33 bits per heavy atom. The number of rotatable bonds is 4. The molecule has 0 saturated heterocycles. The molecule has 2 rings (SSSR count). The number of hydrogen-bond acceptors (Lipinski definition) is 3. The van der Waals surface area contributed by atoms with Crippen molar-refractivity contribution in [2.24, 2.45) is 0 Å². The average molecular weight is 318 g/mol. The van der Waals surface area contributed by atoms with Crippen LogP contribution in [-0.4, -0.2) is 11.1 Å². The Morgan fingerprint density at radius 2 is 2.10 bits per heavy atom. The lowest BCUT2D eigenvalue weighted by molar-refractivity contribution is 0.0697. The molecule has 2 aromatic rings. The average Bonchev–Trinajstić information content (AvgIpc) is 2.47. The quantitative estimate of drug-likeness (QED) is 0.843. The van der Waals surface area contributed by atoms with E-state index in [0.29, 0.717) is 11.3 Å². The van der Waals surface area contributed by atoms with Gasteiger partial charge in [0.15, 0.2) is 0 Å². The van der Waals surface area contributed by atoms with E-state index in [9.17, 15) is 4.79 Å². The van der Waals surface area contributed by atoms with Gasteiger partial charge in [-0.1, -0.05) is 17.7 Å². The third-order valence-corrected chi connectivity index (χ3v) is 4.41. The fraction of sp³-hybridized carbons (Fsp3) is 0.125. The molecule has 0 radical (unpaired) electrons. The number of aryl methyl sites for hydroxylation is 1. The molecular formula is C16H12ClNO2S. The summed E-state index contributed by atoms with van der Waals surface area (Å²) < 4.78 is 0. The minimum atomic E-state index is -1.03. The molecule has 3 nitrogen and oxygen atoms in total. The Morgan fingerprint density at radius 3 is 2.71 bits per heavy atom. The largest absolute Gasteiger partial charge is 0.478 e. The van der Waals surface area contributed by atoms with Gasteiger partial charge in [0, 0.05) is 10.6 Å². The summed E-state index contributed by atoms with van der Waals surface area (Å²) in [5.41, 5.74) is 2.92. The van der Waals surface area contributed by atoms with Crippen LogP contribution >= 0.6 is 23.4 Å². The number of carbonyl (C=O) groups is 1. The summed E-state index contributed by atoms with van der Waals surface area (Å²) in [6.07, 6.45) is 0. The van der Waals surface area contributed by atoms with Gasteiger partial charge < -0.3 is 5.11 Å². The Hall–Kier alpha value is -1.96. The van der Waals surface area contributed by atoms with Crippen LogP contribution in [0.4, 0.5) is 0 Å². The molecule has 21 heavy (non-hydrogen) atoms. The van der Waals surface area contributed by atoms with Gasteiger partial charge in [-0.3, -0.25) is 0 Å². The zero-order chi connectivity index (χ0) is 15.4. The molecule has 0 amide bonds. The van der Waals surface area contributed by atoms with Crippen molar-refractivity contribution in [1.29, 1.82) is 5.26 Å². The normalized spacial score (nSPS) is 10.1. The molecule has 5 heteroatoms. The second-order valence-corrected chi connectivity index (χ2v) is 5.94. The highest BCUT2D eigenvalue weighted by atomic mass is 35.5. The molecule has 0 aliphatic carbocycles. The van der Waals surface area contributed by atoms with Crippen LogP contribution in [0, 0.1) is 18.3 Å². The van der Waals surface area contributed by atoms with Crippen LogP contribution in [-0.2, 0) is 5.75 Å². The zero-order valence-corrected chi connectivity index (χ0v) is 12.8. The standard InChI is InChI=1S/C16H12ClNO2S/c1-10-6-11(8-18)2-3-12(10)9-21-13-4-5-15(17)14(7-13)16(19)20/h2-7H,9H2,1H3,(H,19,20). The van der Waals surface area contributed by atoms with Crippen LogP contribution in [0.5, 0.6) is 0 Å². The Labute approximate surface area is 132 Å². The molecule has 0 bridgehead atoms. The van der Waals surface area contributed by atoms with Gasteiger partial charge in [0.2, 0.25) is 0 Å². The van der Waals surface area contributed by atoms with E-state index in [0.717, 1.165) is 16.0 Å². The number of carboxylic acids is 1. The zero-order valence-electron chi connectivity index (χ0n) is 11.3. The first-order chi connectivity index (χ1) is 10.0. The van der Waals surface area contributed by atoms with Crippen molar-refractivity contribution in [1.82, 2.24) is 0 Å². The number of halogens is 1. The Kier molecular flexibility index (Phi) is 4.89. The minimum absolute atomic E-state index is 0.109. The van der Waals surface area contributed by atoms with Crippen LogP contribution in [0.25, 0.3) is 0 Å². The third-order valence-electron chi connectivity index (χ3n) is 3.03. The van der Waals surface area contributed by atoms with Gasteiger partial charge in [0.25, 0.3) is 0 Å². The van der Waals surface area contributed by atoms with Gasteiger partial charge in [-0.05, 0) is 48.4 Å². The second-order valence-electron chi connectivity index (χ2n) is 4.49. The van der Waals surface area contributed by atoms with E-state index in [1.54, 1.807) is 24.3 Å². The van der Waals surface area contributed by atoms with Crippen molar-refractivity contribution in [3.8, 4) is 6.07 Å². The number of carboxylic acid groups (broad SMARTS) is 1. The highest BCUT2D eigenvalue weighted by Gasteiger charge is 2.10. The van der Waals surface area contributed by atoms with Crippen LogP contribution in [0.1, 0.15) is 27.0 Å². The molecule has 0 atom stereocenters. The maximum absolute atomic E-state index is 11.0. The van der Waals surface area contributed by atoms with Crippen LogP contribution in [0.3, 0.4) is 0 Å². The van der Waals surface area contributed by atoms with Crippen molar-refractivity contribution in [2.45, 2.75) is 17.6 Å². The van der Waals surface area contributed by atoms with Crippen molar-refractivity contribution >= 4 is 29.3 Å². The molecule has 0 aliphatic heterocycles. The number of aromatic carboxylic acids is 1. The first kappa shape index (κ1) is 15.4. The molecule has 0 saturated carbocycles. The molecule has 0 spiro atoms. The van der Waals surface area contributed by atoms with Gasteiger partial charge in [-0.2, -0.15) is 5.26 Å². The first-order valence-corrected chi connectivity index (χ1v) is 7.53. The number of benzene rings is 2. The van der Waals surface area contributed by atoms with Crippen molar-refractivity contribution < 1.29 is 9.90 Å². The monoisotopic (exact) mass is 317 g/mol. The number of hydrogen-bond donors (Lipinski definition) is 1. The smallest absolute Gasteiger partial charge is 0.337 e. The highest BCUT2D eigenvalue weighted by molar-refractivity contribution is 7.98. The molecule has 0 fully saturated rings. The molecule has 2 aromatic carbocycles. The van der Waals surface area contributed by atoms with Crippen LogP contribution in [0.15, 0.2) is 41.3 Å². The van der Waals surface area contributed by atoms with Gasteiger partial charge in [-0.15, -0.1) is 11.8 Å². The summed E-state index contributed by atoms with van der Waals surface area (Å²) in [4.78, 5) is 11.9. The maximum atomic E-state index is 11.0. The highest BCUT2D eigenvalue weighted by Crippen LogP contribution is 2.28. The van der Waals surface area contributed by atoms with E-state index in [1.165, 1.54) is 11.8 Å². The number of nitrogens with zero attached hydrogens (tertiary/aromatic N) is 1. The first-order valence-electron chi connectivity index (χ1n) is 6.16. The van der Waals surface area contributed by atoms with E-state index in [-0.39, 0.29) is 10.6 Å². The van der Waals surface area contributed by atoms with Gasteiger partial charge in [0.05, 0.1) is 22.2 Å². The van der Waals surface area contributed by atoms with E-state index in [1.807, 2.05) is 19.1 Å². The van der Waals surface area contributed by atoms with E-state index >= 15 is 0 Å². The molecule has 106 valence electrons. The van der Waals surface area contributed by atoms with Gasteiger partial charge >= 0.3 is 5.97 Å².